The molecule has 0 saturated heterocycles. The highest BCUT2D eigenvalue weighted by Crippen LogP contribution is 2.27. The van der Waals surface area contributed by atoms with Crippen molar-refractivity contribution in [2.24, 2.45) is 5.84 Å². The van der Waals surface area contributed by atoms with Crippen LogP contribution in [0.5, 0.6) is 5.75 Å². The smallest absolute Gasteiger partial charge is 0.329 e. The summed E-state index contributed by atoms with van der Waals surface area (Å²) in [5.74, 6) is 4.68. The number of halogens is 2. The molecule has 0 aliphatic rings. The Morgan fingerprint density at radius 3 is 2.88 bits per heavy atom. The number of hydrogen-bond acceptors (Lipinski definition) is 5. The molecule has 5 nitrogen and oxygen atoms in total. The molecule has 0 aliphatic carbocycles. The first-order valence-electron chi connectivity index (χ1n) is 4.36. The monoisotopic (exact) mass is 264 g/mol. The molecule has 7 heteroatoms. The molecule has 0 fully saturated rings. The van der Waals surface area contributed by atoms with Crippen LogP contribution in [-0.2, 0) is 9.63 Å². The van der Waals surface area contributed by atoms with Crippen LogP contribution in [0.4, 0.5) is 0 Å². The van der Waals surface area contributed by atoms with Crippen molar-refractivity contribution in [2.75, 3.05) is 6.61 Å². The number of hydrogen-bond donors (Lipinski definition) is 2. The number of benzene rings is 1. The predicted molar refractivity (Wildman–Crippen MR) is 60.0 cm³/mol. The van der Waals surface area contributed by atoms with E-state index in [1.807, 2.05) is 0 Å². The van der Waals surface area contributed by atoms with Crippen molar-refractivity contribution in [2.45, 2.75) is 6.42 Å². The fourth-order valence-electron chi connectivity index (χ4n) is 0.949. The number of rotatable bonds is 5. The summed E-state index contributed by atoms with van der Waals surface area (Å²) in [6.45, 7) is 0.126. The van der Waals surface area contributed by atoms with Crippen molar-refractivity contribution in [1.82, 2.24) is 5.59 Å². The van der Waals surface area contributed by atoms with Gasteiger partial charge in [0.25, 0.3) is 0 Å². The van der Waals surface area contributed by atoms with E-state index in [1.54, 1.807) is 23.8 Å². The van der Waals surface area contributed by atoms with Crippen LogP contribution in [0.15, 0.2) is 18.2 Å². The average Bonchev–Trinajstić information content (AvgIpc) is 2.23. The van der Waals surface area contributed by atoms with E-state index < -0.39 is 5.97 Å². The lowest BCUT2D eigenvalue weighted by atomic mass is 10.3. The first-order chi connectivity index (χ1) is 7.63. The van der Waals surface area contributed by atoms with Crippen molar-refractivity contribution >= 4 is 29.2 Å². The van der Waals surface area contributed by atoms with E-state index in [1.165, 1.54) is 0 Å². The van der Waals surface area contributed by atoms with E-state index in [0.29, 0.717) is 15.8 Å². The Morgan fingerprint density at radius 1 is 1.44 bits per heavy atom. The van der Waals surface area contributed by atoms with Crippen molar-refractivity contribution in [3.05, 3.63) is 28.2 Å². The van der Waals surface area contributed by atoms with Crippen molar-refractivity contribution < 1.29 is 14.4 Å². The molecule has 0 heterocycles. The molecule has 1 rings (SSSR count). The van der Waals surface area contributed by atoms with Gasteiger partial charge in [-0.05, 0) is 12.1 Å². The summed E-state index contributed by atoms with van der Waals surface area (Å²) < 4.78 is 5.25. The second-order valence-corrected chi connectivity index (χ2v) is 3.61. The van der Waals surface area contributed by atoms with Crippen LogP contribution in [0.2, 0.25) is 10.0 Å². The third-order valence-electron chi connectivity index (χ3n) is 1.63. The molecule has 0 unspecified atom stereocenters. The van der Waals surface area contributed by atoms with E-state index in [2.05, 4.69) is 4.84 Å². The predicted octanol–water partition coefficient (Wildman–Crippen LogP) is 1.68. The Balaban J connectivity index is 2.42. The highest BCUT2D eigenvalue weighted by atomic mass is 35.5. The van der Waals surface area contributed by atoms with Crippen LogP contribution in [0.1, 0.15) is 6.42 Å². The molecule has 0 amide bonds. The van der Waals surface area contributed by atoms with E-state index in [0.717, 1.165) is 0 Å². The largest absolute Gasteiger partial charge is 0.491 e. The summed E-state index contributed by atoms with van der Waals surface area (Å²) in [4.78, 5) is 15.2. The maximum Gasteiger partial charge on any atom is 0.329 e. The molecule has 0 spiro atoms. The fraction of sp³-hybridized carbons (Fsp3) is 0.222. The molecule has 3 N–H and O–H groups in total. The summed E-state index contributed by atoms with van der Waals surface area (Å²) in [6, 6.07) is 4.82. The van der Waals surface area contributed by atoms with E-state index in [9.17, 15) is 4.79 Å². The van der Waals surface area contributed by atoms with Crippen LogP contribution >= 0.6 is 23.2 Å². The standard InChI is InChI=1S/C9H10Cl2N2O3/c10-6-1-2-7(11)8(5-6)15-4-3-9(14)16-13-12/h1-2,5,13H,3-4,12H2. The second-order valence-electron chi connectivity index (χ2n) is 2.77. The van der Waals surface area contributed by atoms with Crippen molar-refractivity contribution in [1.29, 1.82) is 0 Å². The van der Waals surface area contributed by atoms with Gasteiger partial charge in [-0.15, -0.1) is 0 Å². The summed E-state index contributed by atoms with van der Waals surface area (Å²) in [5.41, 5.74) is 1.78. The number of nitrogens with one attached hydrogen (secondary N) is 1. The van der Waals surface area contributed by atoms with E-state index in [-0.39, 0.29) is 13.0 Å². The van der Waals surface area contributed by atoms with Gasteiger partial charge in [-0.1, -0.05) is 28.8 Å². The molecule has 0 aliphatic heterocycles. The Kier molecular flexibility index (Phi) is 5.34. The van der Waals surface area contributed by atoms with Gasteiger partial charge >= 0.3 is 5.97 Å². The van der Waals surface area contributed by atoms with Crippen molar-refractivity contribution in [3.8, 4) is 5.75 Å². The summed E-state index contributed by atoms with van der Waals surface area (Å²) in [7, 11) is 0. The van der Waals surface area contributed by atoms with Gasteiger partial charge in [0.05, 0.1) is 18.1 Å². The molecule has 0 radical (unpaired) electrons. The van der Waals surface area contributed by atoms with E-state index >= 15 is 0 Å². The molecular formula is C9H10Cl2N2O3. The summed E-state index contributed by atoms with van der Waals surface area (Å²) in [5, 5.41) is 0.931. The lowest BCUT2D eigenvalue weighted by Crippen LogP contribution is -2.26. The SMILES string of the molecule is NNOC(=O)CCOc1cc(Cl)ccc1Cl. The minimum atomic E-state index is -0.527. The second kappa shape index (κ2) is 6.55. The van der Waals surface area contributed by atoms with Gasteiger partial charge in [0.2, 0.25) is 0 Å². The molecule has 1 aromatic carbocycles. The lowest BCUT2D eigenvalue weighted by Gasteiger charge is -2.07. The van der Waals surface area contributed by atoms with Crippen molar-refractivity contribution in [3.63, 3.8) is 0 Å². The third-order valence-corrected chi connectivity index (χ3v) is 2.18. The molecule has 88 valence electrons. The zero-order chi connectivity index (χ0) is 12.0. The van der Waals surface area contributed by atoms with Crippen LogP contribution in [0.25, 0.3) is 0 Å². The van der Waals surface area contributed by atoms with Gasteiger partial charge in [-0.2, -0.15) is 0 Å². The highest BCUT2D eigenvalue weighted by molar-refractivity contribution is 6.34. The fourth-order valence-corrected chi connectivity index (χ4v) is 1.28. The molecule has 0 bridgehead atoms. The normalized spacial score (nSPS) is 9.94. The van der Waals surface area contributed by atoms with Crippen LogP contribution in [0, 0.1) is 0 Å². The number of carbonyl (C=O) groups is 1. The Morgan fingerprint density at radius 2 is 2.19 bits per heavy atom. The highest BCUT2D eigenvalue weighted by Gasteiger charge is 2.05. The van der Waals surface area contributed by atoms with Gasteiger partial charge < -0.3 is 9.57 Å². The first kappa shape index (κ1) is 13.1. The first-order valence-corrected chi connectivity index (χ1v) is 5.12. The topological polar surface area (TPSA) is 73.6 Å². The number of nitrogens with two attached hydrogens (primary N) is 1. The Hall–Kier alpha value is -1.01. The van der Waals surface area contributed by atoms with Gasteiger partial charge in [0, 0.05) is 11.1 Å². The summed E-state index contributed by atoms with van der Waals surface area (Å²) in [6.07, 6.45) is 0.0487. The van der Waals surface area contributed by atoms with Crippen LogP contribution in [0.3, 0.4) is 0 Å². The molecule has 0 atom stereocenters. The minimum Gasteiger partial charge on any atom is -0.491 e. The quantitative estimate of drug-likeness (QED) is 0.626. The van der Waals surface area contributed by atoms with Gasteiger partial charge in [0.1, 0.15) is 5.75 Å². The van der Waals surface area contributed by atoms with Crippen LogP contribution in [-0.4, -0.2) is 12.6 Å². The molecule has 16 heavy (non-hydrogen) atoms. The van der Waals surface area contributed by atoms with Gasteiger partial charge in [-0.3, -0.25) is 4.79 Å². The maximum atomic E-state index is 10.9. The molecule has 0 aromatic heterocycles. The third kappa shape index (κ3) is 4.24. The minimum absolute atomic E-state index is 0.0487. The number of carbonyl (C=O) groups excluding carboxylic acids is 1. The van der Waals surface area contributed by atoms with Gasteiger partial charge in [-0.25, -0.2) is 5.84 Å². The number of hydrazine groups is 1. The molecule has 1 aromatic rings. The van der Waals surface area contributed by atoms with Crippen LogP contribution < -0.4 is 16.2 Å². The molecular weight excluding hydrogens is 255 g/mol. The number of ether oxygens (including phenoxy) is 1. The van der Waals surface area contributed by atoms with E-state index in [4.69, 9.17) is 33.8 Å². The Labute approximate surface area is 102 Å². The maximum absolute atomic E-state index is 10.9. The lowest BCUT2D eigenvalue weighted by molar-refractivity contribution is -0.151. The average molecular weight is 265 g/mol. The van der Waals surface area contributed by atoms with Gasteiger partial charge in [0.15, 0.2) is 0 Å². The summed E-state index contributed by atoms with van der Waals surface area (Å²) >= 11 is 11.6. The zero-order valence-electron chi connectivity index (χ0n) is 8.20. The zero-order valence-corrected chi connectivity index (χ0v) is 9.72. The molecule has 0 saturated carbocycles. The Bertz CT molecular complexity index is 374.